The number of aromatic hydroxyl groups is 1. The second-order valence-electron chi connectivity index (χ2n) is 2.31. The van der Waals surface area contributed by atoms with Gasteiger partial charge in [-0.05, 0) is 17.7 Å². The number of carboxylic acid groups (broad SMARTS) is 1. The second kappa shape index (κ2) is 5.83. The number of rotatable bonds is 1. The SMILES string of the molecule is C=Cc1ccc(O)cc1.CC(=O)O. The minimum absolute atomic E-state index is 0.292. The number of benzene rings is 1. The van der Waals surface area contributed by atoms with Crippen LogP contribution < -0.4 is 0 Å². The summed E-state index contributed by atoms with van der Waals surface area (Å²) in [6.07, 6.45) is 1.74. The minimum atomic E-state index is -0.833. The van der Waals surface area contributed by atoms with Gasteiger partial charge in [-0.2, -0.15) is 0 Å². The first-order valence-corrected chi connectivity index (χ1v) is 3.67. The lowest BCUT2D eigenvalue weighted by Gasteiger charge is -1.90. The molecule has 1 rings (SSSR count). The average molecular weight is 180 g/mol. The summed E-state index contributed by atoms with van der Waals surface area (Å²) in [5.41, 5.74) is 1.02. The summed E-state index contributed by atoms with van der Waals surface area (Å²) in [5.74, 6) is -0.541. The predicted molar refractivity (Wildman–Crippen MR) is 51.5 cm³/mol. The van der Waals surface area contributed by atoms with Crippen LogP contribution >= 0.6 is 0 Å². The van der Waals surface area contributed by atoms with Gasteiger partial charge in [0.15, 0.2) is 0 Å². The molecule has 3 nitrogen and oxygen atoms in total. The van der Waals surface area contributed by atoms with Crippen molar-refractivity contribution >= 4 is 12.0 Å². The van der Waals surface area contributed by atoms with Crippen molar-refractivity contribution in [1.29, 1.82) is 0 Å². The minimum Gasteiger partial charge on any atom is -0.508 e. The molecule has 3 heteroatoms. The zero-order valence-corrected chi connectivity index (χ0v) is 7.40. The van der Waals surface area contributed by atoms with Gasteiger partial charge in [0.25, 0.3) is 5.97 Å². The van der Waals surface area contributed by atoms with Crippen LogP contribution in [0, 0.1) is 0 Å². The fourth-order valence-electron chi connectivity index (χ4n) is 0.610. The van der Waals surface area contributed by atoms with E-state index in [0.717, 1.165) is 12.5 Å². The Morgan fingerprint density at radius 3 is 2.08 bits per heavy atom. The number of carboxylic acids is 1. The Balaban J connectivity index is 0.000000310. The van der Waals surface area contributed by atoms with Crippen molar-refractivity contribution < 1.29 is 15.0 Å². The molecule has 1 aromatic rings. The summed E-state index contributed by atoms with van der Waals surface area (Å²) in [4.78, 5) is 9.00. The third kappa shape index (κ3) is 6.62. The third-order valence-corrected chi connectivity index (χ3v) is 1.13. The van der Waals surface area contributed by atoms with Crippen LogP contribution in [0.3, 0.4) is 0 Å². The molecule has 0 radical (unpaired) electrons. The van der Waals surface area contributed by atoms with E-state index in [4.69, 9.17) is 15.0 Å². The molecule has 70 valence electrons. The fourth-order valence-corrected chi connectivity index (χ4v) is 0.610. The molecule has 0 spiro atoms. The lowest BCUT2D eigenvalue weighted by Crippen LogP contribution is -1.78. The molecule has 0 amide bonds. The number of phenolic OH excluding ortho intramolecular Hbond substituents is 1. The largest absolute Gasteiger partial charge is 0.508 e. The molecular weight excluding hydrogens is 168 g/mol. The van der Waals surface area contributed by atoms with Crippen LogP contribution in [-0.4, -0.2) is 16.2 Å². The molecule has 0 atom stereocenters. The molecule has 0 fully saturated rings. The highest BCUT2D eigenvalue weighted by Crippen LogP contribution is 2.09. The number of hydrogen-bond donors (Lipinski definition) is 2. The van der Waals surface area contributed by atoms with Gasteiger partial charge >= 0.3 is 0 Å². The normalized spacial score (nSPS) is 8.08. The van der Waals surface area contributed by atoms with Crippen LogP contribution in [-0.2, 0) is 4.79 Å². The van der Waals surface area contributed by atoms with Crippen molar-refractivity contribution in [3.8, 4) is 5.75 Å². The van der Waals surface area contributed by atoms with E-state index >= 15 is 0 Å². The van der Waals surface area contributed by atoms with Gasteiger partial charge in [-0.25, -0.2) is 0 Å². The summed E-state index contributed by atoms with van der Waals surface area (Å²) < 4.78 is 0. The summed E-state index contributed by atoms with van der Waals surface area (Å²) in [6, 6.07) is 6.89. The summed E-state index contributed by atoms with van der Waals surface area (Å²) in [7, 11) is 0. The molecule has 0 heterocycles. The quantitative estimate of drug-likeness (QED) is 0.696. The van der Waals surface area contributed by atoms with Crippen LogP contribution in [0.2, 0.25) is 0 Å². The summed E-state index contributed by atoms with van der Waals surface area (Å²) >= 11 is 0. The van der Waals surface area contributed by atoms with Crippen LogP contribution in [0.4, 0.5) is 0 Å². The molecule has 2 N–H and O–H groups in total. The molecule has 0 aliphatic heterocycles. The molecule has 0 bridgehead atoms. The number of hydrogen-bond acceptors (Lipinski definition) is 2. The third-order valence-electron chi connectivity index (χ3n) is 1.13. The summed E-state index contributed by atoms with van der Waals surface area (Å²) in [5, 5.41) is 16.2. The van der Waals surface area contributed by atoms with Crippen molar-refractivity contribution in [3.05, 3.63) is 36.4 Å². The first-order valence-electron chi connectivity index (χ1n) is 3.67. The monoisotopic (exact) mass is 180 g/mol. The Hall–Kier alpha value is -1.77. The number of aliphatic carboxylic acids is 1. The first kappa shape index (κ1) is 11.2. The number of phenols is 1. The van der Waals surface area contributed by atoms with Gasteiger partial charge in [-0.15, -0.1) is 0 Å². The fraction of sp³-hybridized carbons (Fsp3) is 0.100. The topological polar surface area (TPSA) is 57.5 Å². The van der Waals surface area contributed by atoms with Crippen molar-refractivity contribution in [1.82, 2.24) is 0 Å². The Morgan fingerprint density at radius 1 is 1.38 bits per heavy atom. The molecule has 1 aromatic carbocycles. The smallest absolute Gasteiger partial charge is 0.300 e. The Kier molecular flexibility index (Phi) is 5.03. The van der Waals surface area contributed by atoms with E-state index in [1.807, 2.05) is 12.1 Å². The molecular formula is C10H12O3. The molecule has 0 unspecified atom stereocenters. The van der Waals surface area contributed by atoms with E-state index in [0.29, 0.717) is 5.75 Å². The van der Waals surface area contributed by atoms with Crippen molar-refractivity contribution in [3.63, 3.8) is 0 Å². The van der Waals surface area contributed by atoms with Crippen molar-refractivity contribution in [2.75, 3.05) is 0 Å². The Bertz CT molecular complexity index is 271. The molecule has 0 aliphatic rings. The van der Waals surface area contributed by atoms with Gasteiger partial charge in [0.2, 0.25) is 0 Å². The first-order chi connectivity index (χ1) is 6.06. The zero-order chi connectivity index (χ0) is 10.3. The van der Waals surface area contributed by atoms with Crippen LogP contribution in [0.15, 0.2) is 30.8 Å². The van der Waals surface area contributed by atoms with E-state index in [1.54, 1.807) is 18.2 Å². The van der Waals surface area contributed by atoms with Gasteiger partial charge in [-0.3, -0.25) is 4.79 Å². The zero-order valence-electron chi connectivity index (χ0n) is 7.40. The molecule has 0 saturated heterocycles. The Labute approximate surface area is 77.0 Å². The van der Waals surface area contributed by atoms with Crippen LogP contribution in [0.25, 0.3) is 6.08 Å². The van der Waals surface area contributed by atoms with E-state index < -0.39 is 5.97 Å². The van der Waals surface area contributed by atoms with Gasteiger partial charge < -0.3 is 10.2 Å². The predicted octanol–water partition coefficient (Wildman–Crippen LogP) is 2.13. The molecule has 0 saturated carbocycles. The van der Waals surface area contributed by atoms with Crippen LogP contribution in [0.1, 0.15) is 12.5 Å². The lowest BCUT2D eigenvalue weighted by atomic mass is 10.2. The molecule has 13 heavy (non-hydrogen) atoms. The standard InChI is InChI=1S/C8H8O.C2H4O2/c1-2-7-3-5-8(9)6-4-7;1-2(3)4/h2-6,9H,1H2;1H3,(H,3,4). The highest BCUT2D eigenvalue weighted by Gasteiger charge is 1.84. The second-order valence-corrected chi connectivity index (χ2v) is 2.31. The average Bonchev–Trinajstić information content (AvgIpc) is 2.05. The maximum atomic E-state index is 9.00. The van der Waals surface area contributed by atoms with E-state index in [9.17, 15) is 0 Å². The molecule has 0 aromatic heterocycles. The summed E-state index contributed by atoms with van der Waals surface area (Å²) in [6.45, 7) is 4.66. The molecule has 0 aliphatic carbocycles. The maximum Gasteiger partial charge on any atom is 0.300 e. The van der Waals surface area contributed by atoms with Gasteiger partial charge in [0.1, 0.15) is 5.75 Å². The van der Waals surface area contributed by atoms with Crippen LogP contribution in [0.5, 0.6) is 5.75 Å². The van der Waals surface area contributed by atoms with Gasteiger partial charge in [0, 0.05) is 6.92 Å². The van der Waals surface area contributed by atoms with E-state index in [-0.39, 0.29) is 0 Å². The maximum absolute atomic E-state index is 9.00. The Morgan fingerprint density at radius 2 is 1.77 bits per heavy atom. The van der Waals surface area contributed by atoms with Crippen molar-refractivity contribution in [2.45, 2.75) is 6.92 Å². The highest BCUT2D eigenvalue weighted by atomic mass is 16.4. The highest BCUT2D eigenvalue weighted by molar-refractivity contribution is 5.62. The van der Waals surface area contributed by atoms with E-state index in [1.165, 1.54) is 0 Å². The van der Waals surface area contributed by atoms with E-state index in [2.05, 4.69) is 6.58 Å². The number of carbonyl (C=O) groups is 1. The lowest BCUT2D eigenvalue weighted by molar-refractivity contribution is -0.134. The van der Waals surface area contributed by atoms with Crippen molar-refractivity contribution in [2.24, 2.45) is 0 Å². The van der Waals surface area contributed by atoms with Gasteiger partial charge in [-0.1, -0.05) is 24.8 Å². The van der Waals surface area contributed by atoms with Gasteiger partial charge in [0.05, 0.1) is 0 Å².